The molecule has 0 saturated carbocycles. The Morgan fingerprint density at radius 1 is 1.53 bits per heavy atom. The number of non-ortho nitro benzene ring substituents is 1. The molecular formula is C10H11ClFN3O2. The van der Waals surface area contributed by atoms with Gasteiger partial charge in [0.25, 0.3) is 5.69 Å². The molecule has 0 spiro atoms. The van der Waals surface area contributed by atoms with Gasteiger partial charge in [-0.3, -0.25) is 15.1 Å². The fourth-order valence-electron chi connectivity index (χ4n) is 1.62. The molecule has 7 heteroatoms. The molecule has 0 fully saturated rings. The zero-order chi connectivity index (χ0) is 11.7. The van der Waals surface area contributed by atoms with Crippen LogP contribution in [-0.2, 0) is 0 Å². The van der Waals surface area contributed by atoms with Crippen molar-refractivity contribution < 1.29 is 9.31 Å². The van der Waals surface area contributed by atoms with Crippen LogP contribution in [0.1, 0.15) is 5.56 Å². The van der Waals surface area contributed by atoms with E-state index in [4.69, 9.17) is 0 Å². The third-order valence-electron chi connectivity index (χ3n) is 2.46. The van der Waals surface area contributed by atoms with Gasteiger partial charge < -0.3 is 4.90 Å². The van der Waals surface area contributed by atoms with E-state index < -0.39 is 10.7 Å². The number of benzene rings is 1. The van der Waals surface area contributed by atoms with Crippen molar-refractivity contribution in [3.63, 3.8) is 0 Å². The topological polar surface area (TPSA) is 58.7 Å². The lowest BCUT2D eigenvalue weighted by molar-refractivity contribution is -0.385. The lowest BCUT2D eigenvalue weighted by Gasteiger charge is -2.13. The number of nitro groups is 1. The smallest absolute Gasteiger partial charge is 0.272 e. The zero-order valence-electron chi connectivity index (χ0n) is 9.09. The molecule has 0 N–H and O–H groups in total. The summed E-state index contributed by atoms with van der Waals surface area (Å²) in [7, 11) is 1.81. The number of nitrogens with zero attached hydrogens (tertiary/aromatic N) is 3. The highest BCUT2D eigenvalue weighted by molar-refractivity contribution is 6.00. The van der Waals surface area contributed by atoms with Gasteiger partial charge in [-0.1, -0.05) is 0 Å². The molecule has 0 radical (unpaired) electrons. The molecule has 0 bridgehead atoms. The van der Waals surface area contributed by atoms with Crippen LogP contribution in [0.5, 0.6) is 0 Å². The number of likely N-dealkylation sites (N-methyl/N-ethyl adjacent to an activating group) is 1. The van der Waals surface area contributed by atoms with Gasteiger partial charge in [-0.05, 0) is 6.07 Å². The van der Waals surface area contributed by atoms with Gasteiger partial charge in [0.1, 0.15) is 11.7 Å². The van der Waals surface area contributed by atoms with Gasteiger partial charge in [0.15, 0.2) is 0 Å². The van der Waals surface area contributed by atoms with E-state index in [2.05, 4.69) is 4.99 Å². The summed E-state index contributed by atoms with van der Waals surface area (Å²) < 4.78 is 13.6. The number of aliphatic imine (C=N–C) groups is 1. The Morgan fingerprint density at radius 3 is 2.71 bits per heavy atom. The van der Waals surface area contributed by atoms with E-state index in [-0.39, 0.29) is 18.1 Å². The quantitative estimate of drug-likeness (QED) is 0.602. The van der Waals surface area contributed by atoms with Gasteiger partial charge in [-0.25, -0.2) is 4.39 Å². The fraction of sp³-hybridized carbons (Fsp3) is 0.300. The molecule has 1 aliphatic heterocycles. The average Bonchev–Trinajstić information content (AvgIpc) is 2.64. The van der Waals surface area contributed by atoms with Crippen LogP contribution in [0.3, 0.4) is 0 Å². The van der Waals surface area contributed by atoms with Crippen LogP contribution in [-0.4, -0.2) is 35.8 Å². The van der Waals surface area contributed by atoms with E-state index in [0.717, 1.165) is 12.6 Å². The maximum Gasteiger partial charge on any atom is 0.272 e. The molecule has 0 saturated heterocycles. The molecule has 1 heterocycles. The molecule has 92 valence electrons. The second-order valence-electron chi connectivity index (χ2n) is 3.55. The first-order chi connectivity index (χ1) is 7.59. The van der Waals surface area contributed by atoms with E-state index >= 15 is 0 Å². The summed E-state index contributed by atoms with van der Waals surface area (Å²) in [6, 6.07) is 3.60. The Bertz CT molecular complexity index is 479. The number of halogens is 2. The van der Waals surface area contributed by atoms with Gasteiger partial charge in [-0.2, -0.15) is 0 Å². The van der Waals surface area contributed by atoms with Crippen molar-refractivity contribution in [3.05, 3.63) is 39.7 Å². The molecule has 1 aromatic carbocycles. The van der Waals surface area contributed by atoms with Crippen LogP contribution in [0.15, 0.2) is 23.2 Å². The first-order valence-corrected chi connectivity index (χ1v) is 4.79. The van der Waals surface area contributed by atoms with Gasteiger partial charge >= 0.3 is 0 Å². The summed E-state index contributed by atoms with van der Waals surface area (Å²) in [5.41, 5.74) is 0.0631. The number of amidine groups is 1. The van der Waals surface area contributed by atoms with Crippen molar-refractivity contribution in [1.82, 2.24) is 4.90 Å². The van der Waals surface area contributed by atoms with Crippen molar-refractivity contribution in [2.45, 2.75) is 0 Å². The number of rotatable bonds is 2. The van der Waals surface area contributed by atoms with E-state index in [1.54, 1.807) is 0 Å². The van der Waals surface area contributed by atoms with Gasteiger partial charge in [0.2, 0.25) is 0 Å². The van der Waals surface area contributed by atoms with Crippen molar-refractivity contribution in [2.75, 3.05) is 20.1 Å². The minimum Gasteiger partial charge on any atom is -0.358 e. The summed E-state index contributed by atoms with van der Waals surface area (Å²) in [6.45, 7) is 1.37. The summed E-state index contributed by atoms with van der Waals surface area (Å²) >= 11 is 0. The van der Waals surface area contributed by atoms with Crippen LogP contribution < -0.4 is 0 Å². The van der Waals surface area contributed by atoms with Crippen molar-refractivity contribution >= 4 is 23.9 Å². The second kappa shape index (κ2) is 5.09. The van der Waals surface area contributed by atoms with Gasteiger partial charge in [0.05, 0.1) is 23.1 Å². The van der Waals surface area contributed by atoms with E-state index in [1.807, 2.05) is 11.9 Å². The summed E-state index contributed by atoms with van der Waals surface area (Å²) in [4.78, 5) is 15.8. The predicted octanol–water partition coefficient (Wildman–Crippen LogP) is 1.85. The zero-order valence-corrected chi connectivity index (χ0v) is 9.91. The minimum atomic E-state index is -0.618. The number of hydrogen-bond donors (Lipinski definition) is 0. The highest BCUT2D eigenvalue weighted by Crippen LogP contribution is 2.19. The Labute approximate surface area is 104 Å². The maximum atomic E-state index is 13.6. The normalized spacial score (nSPS) is 14.2. The van der Waals surface area contributed by atoms with E-state index in [9.17, 15) is 14.5 Å². The second-order valence-corrected chi connectivity index (χ2v) is 3.55. The van der Waals surface area contributed by atoms with Crippen LogP contribution in [0.2, 0.25) is 0 Å². The summed E-state index contributed by atoms with van der Waals surface area (Å²) in [5, 5.41) is 10.4. The average molecular weight is 260 g/mol. The van der Waals surface area contributed by atoms with Gasteiger partial charge in [-0.15, -0.1) is 12.4 Å². The SMILES string of the molecule is CN1CCN=C1c1ccc([N+](=O)[O-])cc1F.Cl. The lowest BCUT2D eigenvalue weighted by Crippen LogP contribution is -2.24. The highest BCUT2D eigenvalue weighted by Gasteiger charge is 2.20. The molecule has 0 aromatic heterocycles. The molecular weight excluding hydrogens is 249 g/mol. The largest absolute Gasteiger partial charge is 0.358 e. The maximum absolute atomic E-state index is 13.6. The third-order valence-corrected chi connectivity index (χ3v) is 2.46. The van der Waals surface area contributed by atoms with Crippen LogP contribution in [0, 0.1) is 15.9 Å². The van der Waals surface area contributed by atoms with Crippen LogP contribution >= 0.6 is 12.4 Å². The van der Waals surface area contributed by atoms with E-state index in [0.29, 0.717) is 17.9 Å². The Balaban J connectivity index is 0.00000144. The predicted molar refractivity (Wildman–Crippen MR) is 64.3 cm³/mol. The molecule has 1 aliphatic rings. The first-order valence-electron chi connectivity index (χ1n) is 4.79. The standard InChI is InChI=1S/C10H10FN3O2.ClH/c1-13-5-4-12-10(13)8-3-2-7(14(15)16)6-9(8)11;/h2-3,6H,4-5H2,1H3;1H. The molecule has 0 aliphatic carbocycles. The van der Waals surface area contributed by atoms with Crippen molar-refractivity contribution in [3.8, 4) is 0 Å². The number of nitro benzene ring substituents is 1. The Morgan fingerprint density at radius 2 is 2.24 bits per heavy atom. The van der Waals surface area contributed by atoms with Gasteiger partial charge in [0, 0.05) is 19.7 Å². The molecule has 5 nitrogen and oxygen atoms in total. The lowest BCUT2D eigenvalue weighted by atomic mass is 10.1. The molecule has 2 rings (SSSR count). The minimum absolute atomic E-state index is 0. The van der Waals surface area contributed by atoms with Crippen LogP contribution in [0.4, 0.5) is 10.1 Å². The van der Waals surface area contributed by atoms with Crippen LogP contribution in [0.25, 0.3) is 0 Å². The highest BCUT2D eigenvalue weighted by atomic mass is 35.5. The molecule has 0 amide bonds. The van der Waals surface area contributed by atoms with Crippen molar-refractivity contribution in [1.29, 1.82) is 0 Å². The Kier molecular flexibility index (Phi) is 4.01. The number of hydrogen-bond acceptors (Lipinski definition) is 4. The molecule has 1 aromatic rings. The molecule has 17 heavy (non-hydrogen) atoms. The third kappa shape index (κ3) is 2.52. The Hall–Kier alpha value is -1.69. The van der Waals surface area contributed by atoms with Crippen molar-refractivity contribution in [2.24, 2.45) is 4.99 Å². The summed E-state index contributed by atoms with van der Waals surface area (Å²) in [5.74, 6) is -0.0610. The fourth-order valence-corrected chi connectivity index (χ4v) is 1.62. The van der Waals surface area contributed by atoms with E-state index in [1.165, 1.54) is 12.1 Å². The molecule has 0 unspecified atom stereocenters. The first kappa shape index (κ1) is 13.4. The monoisotopic (exact) mass is 259 g/mol. The molecule has 0 atom stereocenters. The summed E-state index contributed by atoms with van der Waals surface area (Å²) in [6.07, 6.45) is 0.